The Morgan fingerprint density at radius 1 is 1.12 bits per heavy atom. The zero-order chi connectivity index (χ0) is 24.8. The van der Waals surface area contributed by atoms with Gasteiger partial charge in [0.05, 0.1) is 6.20 Å². The van der Waals surface area contributed by atoms with Gasteiger partial charge in [0.2, 0.25) is 0 Å². The number of nitrogens with zero attached hydrogens (tertiary/aromatic N) is 3. The Hall–Kier alpha value is -2.51. The molecule has 0 aliphatic carbocycles. The van der Waals surface area contributed by atoms with Crippen LogP contribution in [0.25, 0.3) is 11.0 Å². The summed E-state index contributed by atoms with van der Waals surface area (Å²) >= 11 is 0. The van der Waals surface area contributed by atoms with Crippen LogP contribution in [-0.4, -0.2) is 30.8 Å². The van der Waals surface area contributed by atoms with Crippen molar-refractivity contribution in [2.24, 2.45) is 0 Å². The first-order valence-electron chi connectivity index (χ1n) is 12.4. The molecule has 1 aliphatic rings. The van der Waals surface area contributed by atoms with Crippen LogP contribution in [0.3, 0.4) is 0 Å². The lowest BCUT2D eigenvalue weighted by molar-refractivity contribution is 0.160. The Balaban J connectivity index is 1.68. The first-order chi connectivity index (χ1) is 15.8. The predicted octanol–water partition coefficient (Wildman–Crippen LogP) is 4.63. The molecule has 0 saturated carbocycles. The number of piperidine rings is 1. The van der Waals surface area contributed by atoms with Crippen LogP contribution in [0.2, 0.25) is 0 Å². The second-order valence-corrected chi connectivity index (χ2v) is 11.6. The van der Waals surface area contributed by atoms with Gasteiger partial charge in [-0.3, -0.25) is 4.79 Å². The molecule has 4 rings (SSSR count). The number of pyridine rings is 2. The van der Waals surface area contributed by atoms with Crippen molar-refractivity contribution in [3.8, 4) is 0 Å². The van der Waals surface area contributed by atoms with Crippen molar-refractivity contribution in [3.63, 3.8) is 0 Å². The molecule has 3 aromatic rings. The summed E-state index contributed by atoms with van der Waals surface area (Å²) in [5.74, 6) is 0.368. The first kappa shape index (κ1) is 24.6. The van der Waals surface area contributed by atoms with Gasteiger partial charge in [-0.2, -0.15) is 5.10 Å². The van der Waals surface area contributed by atoms with E-state index in [1.54, 1.807) is 6.07 Å². The van der Waals surface area contributed by atoms with Crippen molar-refractivity contribution < 1.29 is 0 Å². The maximum absolute atomic E-state index is 12.5. The van der Waals surface area contributed by atoms with Gasteiger partial charge in [0.25, 0.3) is 0 Å². The molecule has 7 heteroatoms. The number of hydrogen-bond donors (Lipinski definition) is 3. The molecule has 0 spiro atoms. The van der Waals surface area contributed by atoms with Crippen LogP contribution in [0.1, 0.15) is 94.6 Å². The minimum Gasteiger partial charge on any atom is -0.362 e. The third-order valence-corrected chi connectivity index (χ3v) is 6.87. The van der Waals surface area contributed by atoms with Crippen molar-refractivity contribution in [2.45, 2.75) is 104 Å². The molecule has 1 saturated heterocycles. The van der Waals surface area contributed by atoms with E-state index in [4.69, 9.17) is 4.98 Å². The minimum atomic E-state index is 0.0454. The van der Waals surface area contributed by atoms with E-state index in [9.17, 15) is 4.79 Å². The van der Waals surface area contributed by atoms with E-state index in [0.717, 1.165) is 46.5 Å². The average molecular weight is 465 g/mol. The first-order valence-corrected chi connectivity index (χ1v) is 12.4. The van der Waals surface area contributed by atoms with Crippen LogP contribution < -0.4 is 16.1 Å². The van der Waals surface area contributed by atoms with Crippen LogP contribution in [-0.2, 0) is 13.1 Å². The topological polar surface area (TPSA) is 87.6 Å². The van der Waals surface area contributed by atoms with Crippen molar-refractivity contribution in [1.82, 2.24) is 30.4 Å². The zero-order valence-corrected chi connectivity index (χ0v) is 22.0. The van der Waals surface area contributed by atoms with E-state index < -0.39 is 0 Å². The summed E-state index contributed by atoms with van der Waals surface area (Å²) in [6, 6.07) is 4.16. The summed E-state index contributed by atoms with van der Waals surface area (Å²) < 4.78 is 2.02. The Labute approximate surface area is 202 Å². The Morgan fingerprint density at radius 2 is 1.79 bits per heavy atom. The predicted molar refractivity (Wildman–Crippen MR) is 138 cm³/mol. The molecule has 0 amide bonds. The van der Waals surface area contributed by atoms with Gasteiger partial charge in [0, 0.05) is 70.2 Å². The monoisotopic (exact) mass is 464 g/mol. The largest absolute Gasteiger partial charge is 0.362 e. The summed E-state index contributed by atoms with van der Waals surface area (Å²) in [6.07, 6.45) is 4.01. The van der Waals surface area contributed by atoms with Gasteiger partial charge in [-0.15, -0.1) is 0 Å². The summed E-state index contributed by atoms with van der Waals surface area (Å²) in [6.45, 7) is 18.4. The molecule has 0 unspecified atom stereocenters. The van der Waals surface area contributed by atoms with E-state index in [1.165, 1.54) is 5.56 Å². The second-order valence-electron chi connectivity index (χ2n) is 11.6. The number of fused-ring (bicyclic) bond motifs is 1. The molecule has 0 bridgehead atoms. The van der Waals surface area contributed by atoms with Gasteiger partial charge in [-0.25, -0.2) is 9.67 Å². The molecule has 1 fully saturated rings. The summed E-state index contributed by atoms with van der Waals surface area (Å²) in [5.41, 5.74) is 6.03. The van der Waals surface area contributed by atoms with Gasteiger partial charge in [-0.1, -0.05) is 0 Å². The lowest BCUT2D eigenvalue weighted by atomic mass is 9.74. The number of hydrogen-bond acceptors (Lipinski definition) is 5. The number of nitrogens with one attached hydrogen (secondary N) is 3. The third-order valence-electron chi connectivity index (χ3n) is 6.87. The van der Waals surface area contributed by atoms with Crippen molar-refractivity contribution in [2.75, 3.05) is 0 Å². The van der Waals surface area contributed by atoms with Gasteiger partial charge in [0.1, 0.15) is 0 Å². The molecule has 0 atom stereocenters. The Morgan fingerprint density at radius 3 is 2.41 bits per heavy atom. The lowest BCUT2D eigenvalue weighted by Gasteiger charge is -2.46. The van der Waals surface area contributed by atoms with Gasteiger partial charge in [-0.05, 0) is 79.9 Å². The number of aryl methyl sites for hydroxylation is 2. The molecule has 0 aromatic carbocycles. The SMILES string of the molecule is Cc1cc(=O)c(CNCc2cc(C3CC(C)(C)NC(C)(C)C3)nc3c2cnn3C(C)C)c(C)[nH]1. The summed E-state index contributed by atoms with van der Waals surface area (Å²) in [7, 11) is 0. The molecule has 184 valence electrons. The van der Waals surface area contributed by atoms with Crippen molar-refractivity contribution in [1.29, 1.82) is 0 Å². The normalized spacial score (nSPS) is 18.1. The average Bonchev–Trinajstić information content (AvgIpc) is 3.12. The Kier molecular flexibility index (Phi) is 6.46. The third kappa shape index (κ3) is 5.10. The highest BCUT2D eigenvalue weighted by Gasteiger charge is 2.39. The van der Waals surface area contributed by atoms with E-state index in [1.807, 2.05) is 24.7 Å². The second kappa shape index (κ2) is 8.93. The Bertz CT molecular complexity index is 1230. The van der Waals surface area contributed by atoms with Gasteiger partial charge >= 0.3 is 0 Å². The van der Waals surface area contributed by atoms with Crippen LogP contribution in [0.15, 0.2) is 23.1 Å². The smallest absolute Gasteiger partial charge is 0.186 e. The molecular formula is C27H40N6O. The highest BCUT2D eigenvalue weighted by Crippen LogP contribution is 2.39. The quantitative estimate of drug-likeness (QED) is 0.495. The molecule has 4 heterocycles. The number of H-pyrrole nitrogens is 1. The molecule has 1 aliphatic heterocycles. The maximum Gasteiger partial charge on any atom is 0.186 e. The van der Waals surface area contributed by atoms with E-state index >= 15 is 0 Å². The van der Waals surface area contributed by atoms with E-state index in [-0.39, 0.29) is 22.5 Å². The highest BCUT2D eigenvalue weighted by atomic mass is 16.1. The molecule has 34 heavy (non-hydrogen) atoms. The molecule has 7 nitrogen and oxygen atoms in total. The van der Waals surface area contributed by atoms with Crippen molar-refractivity contribution in [3.05, 3.63) is 56.8 Å². The van der Waals surface area contributed by atoms with Crippen LogP contribution in [0.5, 0.6) is 0 Å². The van der Waals surface area contributed by atoms with Crippen molar-refractivity contribution >= 4 is 11.0 Å². The maximum atomic E-state index is 12.5. The minimum absolute atomic E-state index is 0.0454. The molecule has 3 aromatic heterocycles. The highest BCUT2D eigenvalue weighted by molar-refractivity contribution is 5.79. The fraction of sp³-hybridized carbons (Fsp3) is 0.593. The van der Waals surface area contributed by atoms with Gasteiger partial charge < -0.3 is 15.6 Å². The molecule has 0 radical (unpaired) electrons. The summed E-state index contributed by atoms with van der Waals surface area (Å²) in [4.78, 5) is 20.9. The van der Waals surface area contributed by atoms with Crippen LogP contribution in [0, 0.1) is 13.8 Å². The number of aromatic nitrogens is 4. The van der Waals surface area contributed by atoms with E-state index in [2.05, 4.69) is 68.3 Å². The fourth-order valence-corrected chi connectivity index (χ4v) is 5.79. The fourth-order valence-electron chi connectivity index (χ4n) is 5.79. The standard InChI is InChI=1S/C27H40N6O/c1-16(2)33-25-22(15-29-33)19(13-28-14-21-18(4)30-17(3)9-24(21)34)10-23(31-25)20-11-26(5,6)32-27(7,8)12-20/h9-10,15-16,20,28,32H,11-14H2,1-8H3,(H,30,34). The van der Waals surface area contributed by atoms with Gasteiger partial charge in [0.15, 0.2) is 11.1 Å². The number of aromatic amines is 1. The lowest BCUT2D eigenvalue weighted by Crippen LogP contribution is -2.57. The van der Waals surface area contributed by atoms with Crippen LogP contribution >= 0.6 is 0 Å². The molecule has 3 N–H and O–H groups in total. The number of rotatable bonds is 6. The van der Waals surface area contributed by atoms with Crippen LogP contribution in [0.4, 0.5) is 0 Å². The zero-order valence-electron chi connectivity index (χ0n) is 22.0. The van der Waals surface area contributed by atoms with E-state index in [0.29, 0.717) is 19.0 Å². The summed E-state index contributed by atoms with van der Waals surface area (Å²) in [5, 5.41) is 13.0. The molecular weight excluding hydrogens is 424 g/mol.